The summed E-state index contributed by atoms with van der Waals surface area (Å²) in [6.45, 7) is 5.60. The van der Waals surface area contributed by atoms with Crippen LogP contribution in [0.4, 0.5) is 0 Å². The van der Waals surface area contributed by atoms with Gasteiger partial charge in [-0.1, -0.05) is 0 Å². The molecule has 0 aromatic rings. The van der Waals surface area contributed by atoms with Crippen LogP contribution in [0.15, 0.2) is 0 Å². The van der Waals surface area contributed by atoms with E-state index >= 15 is 0 Å². The number of amides is 1. The molecule has 0 spiro atoms. The van der Waals surface area contributed by atoms with E-state index in [9.17, 15) is 4.79 Å². The van der Waals surface area contributed by atoms with Crippen LogP contribution in [0.3, 0.4) is 0 Å². The van der Waals surface area contributed by atoms with E-state index in [0.29, 0.717) is 0 Å². The third-order valence-corrected chi connectivity index (χ3v) is 2.16. The molecule has 3 heteroatoms. The fourth-order valence-corrected chi connectivity index (χ4v) is 1.36. The van der Waals surface area contributed by atoms with Crippen LogP contribution in [-0.2, 0) is 4.79 Å². The molecule has 1 rings (SSSR count). The Morgan fingerprint density at radius 3 is 2.55 bits per heavy atom. The van der Waals surface area contributed by atoms with E-state index in [0.717, 1.165) is 32.6 Å². The number of likely N-dealkylation sites (N-methyl/N-ethyl adjacent to an activating group) is 1. The second kappa shape index (κ2) is 3.72. The molecule has 0 radical (unpaired) electrons. The summed E-state index contributed by atoms with van der Waals surface area (Å²) in [6.07, 6.45) is 1.11. The molecular weight excluding hydrogens is 140 g/mol. The van der Waals surface area contributed by atoms with E-state index in [1.54, 1.807) is 6.92 Å². The maximum atomic E-state index is 11.0. The first-order chi connectivity index (χ1) is 5.20. The zero-order chi connectivity index (χ0) is 8.27. The van der Waals surface area contributed by atoms with Gasteiger partial charge in [-0.25, -0.2) is 0 Å². The van der Waals surface area contributed by atoms with E-state index in [2.05, 4.69) is 11.9 Å². The average molecular weight is 156 g/mol. The second-order valence-corrected chi connectivity index (χ2v) is 3.16. The highest BCUT2D eigenvalue weighted by atomic mass is 16.2. The first kappa shape index (κ1) is 8.53. The van der Waals surface area contributed by atoms with E-state index in [1.807, 2.05) is 4.90 Å². The number of hydrogen-bond acceptors (Lipinski definition) is 2. The topological polar surface area (TPSA) is 23.6 Å². The van der Waals surface area contributed by atoms with Crippen molar-refractivity contribution < 1.29 is 4.79 Å². The monoisotopic (exact) mass is 156 g/mol. The summed E-state index contributed by atoms with van der Waals surface area (Å²) in [5.74, 6) is 0.209. The molecule has 64 valence electrons. The lowest BCUT2D eigenvalue weighted by Crippen LogP contribution is -2.32. The van der Waals surface area contributed by atoms with Crippen molar-refractivity contribution in [2.75, 3.05) is 33.2 Å². The lowest BCUT2D eigenvalue weighted by atomic mass is 10.4. The number of carbonyl (C=O) groups is 1. The molecular formula is C8H16N2O. The van der Waals surface area contributed by atoms with Gasteiger partial charge in [0, 0.05) is 26.6 Å². The van der Waals surface area contributed by atoms with Crippen LogP contribution in [0, 0.1) is 0 Å². The van der Waals surface area contributed by atoms with Gasteiger partial charge < -0.3 is 9.80 Å². The standard InChI is InChI=1S/C8H16N2O/c1-8(11)10-5-3-4-9(2)6-7-10/h3-7H2,1-2H3. The SMILES string of the molecule is CC(=O)N1CCCN(C)CC1. The quantitative estimate of drug-likeness (QED) is 0.499. The molecule has 0 aromatic carbocycles. The predicted octanol–water partition coefficient (Wildman–Crippen LogP) is 0.170. The molecule has 1 heterocycles. The van der Waals surface area contributed by atoms with Crippen molar-refractivity contribution in [1.82, 2.24) is 9.80 Å². The number of carbonyl (C=O) groups excluding carboxylic acids is 1. The largest absolute Gasteiger partial charge is 0.342 e. The van der Waals surface area contributed by atoms with Crippen LogP contribution < -0.4 is 0 Å². The minimum Gasteiger partial charge on any atom is -0.342 e. The van der Waals surface area contributed by atoms with Gasteiger partial charge in [0.15, 0.2) is 0 Å². The van der Waals surface area contributed by atoms with Crippen LogP contribution in [0.2, 0.25) is 0 Å². The molecule has 0 N–H and O–H groups in total. The van der Waals surface area contributed by atoms with E-state index in [4.69, 9.17) is 0 Å². The third kappa shape index (κ3) is 2.50. The van der Waals surface area contributed by atoms with Gasteiger partial charge in [-0.2, -0.15) is 0 Å². The zero-order valence-corrected chi connectivity index (χ0v) is 7.34. The summed E-state index contributed by atoms with van der Waals surface area (Å²) >= 11 is 0. The lowest BCUT2D eigenvalue weighted by molar-refractivity contribution is -0.128. The van der Waals surface area contributed by atoms with E-state index in [1.165, 1.54) is 0 Å². The molecule has 0 unspecified atom stereocenters. The van der Waals surface area contributed by atoms with Gasteiger partial charge >= 0.3 is 0 Å². The Morgan fingerprint density at radius 1 is 1.18 bits per heavy atom. The first-order valence-electron chi connectivity index (χ1n) is 4.14. The molecule has 0 aromatic heterocycles. The normalized spacial score (nSPS) is 21.5. The minimum absolute atomic E-state index is 0.209. The Labute approximate surface area is 68.0 Å². The zero-order valence-electron chi connectivity index (χ0n) is 7.34. The molecule has 0 bridgehead atoms. The van der Waals surface area contributed by atoms with Crippen LogP contribution in [0.25, 0.3) is 0 Å². The van der Waals surface area contributed by atoms with Crippen molar-refractivity contribution in [1.29, 1.82) is 0 Å². The third-order valence-electron chi connectivity index (χ3n) is 2.16. The molecule has 1 amide bonds. The Hall–Kier alpha value is -0.570. The molecule has 1 aliphatic rings. The van der Waals surface area contributed by atoms with Gasteiger partial charge in [0.25, 0.3) is 0 Å². The molecule has 1 saturated heterocycles. The van der Waals surface area contributed by atoms with Gasteiger partial charge in [0.2, 0.25) is 5.91 Å². The van der Waals surface area contributed by atoms with Crippen molar-refractivity contribution in [3.8, 4) is 0 Å². The van der Waals surface area contributed by atoms with Gasteiger partial charge in [-0.3, -0.25) is 4.79 Å². The lowest BCUT2D eigenvalue weighted by Gasteiger charge is -2.17. The highest BCUT2D eigenvalue weighted by Crippen LogP contribution is 2.00. The van der Waals surface area contributed by atoms with Crippen molar-refractivity contribution in [3.05, 3.63) is 0 Å². The summed E-state index contributed by atoms with van der Waals surface area (Å²) in [7, 11) is 2.10. The van der Waals surface area contributed by atoms with E-state index < -0.39 is 0 Å². The number of rotatable bonds is 0. The van der Waals surface area contributed by atoms with Crippen molar-refractivity contribution in [2.24, 2.45) is 0 Å². The molecule has 0 saturated carbocycles. The molecule has 0 atom stereocenters. The Bertz CT molecular complexity index is 147. The number of nitrogens with zero attached hydrogens (tertiary/aromatic N) is 2. The Kier molecular flexibility index (Phi) is 2.88. The fraction of sp³-hybridized carbons (Fsp3) is 0.875. The first-order valence-corrected chi connectivity index (χ1v) is 4.14. The van der Waals surface area contributed by atoms with Gasteiger partial charge in [-0.05, 0) is 20.0 Å². The summed E-state index contributed by atoms with van der Waals surface area (Å²) in [5.41, 5.74) is 0. The maximum Gasteiger partial charge on any atom is 0.219 e. The highest BCUT2D eigenvalue weighted by molar-refractivity contribution is 5.73. The van der Waals surface area contributed by atoms with Gasteiger partial charge in [0.05, 0.1) is 0 Å². The summed E-state index contributed by atoms with van der Waals surface area (Å²) < 4.78 is 0. The summed E-state index contributed by atoms with van der Waals surface area (Å²) in [6, 6.07) is 0. The second-order valence-electron chi connectivity index (χ2n) is 3.16. The molecule has 3 nitrogen and oxygen atoms in total. The van der Waals surface area contributed by atoms with Gasteiger partial charge in [-0.15, -0.1) is 0 Å². The molecule has 11 heavy (non-hydrogen) atoms. The minimum atomic E-state index is 0.209. The van der Waals surface area contributed by atoms with Crippen LogP contribution in [0.1, 0.15) is 13.3 Å². The smallest absolute Gasteiger partial charge is 0.219 e. The van der Waals surface area contributed by atoms with Crippen molar-refractivity contribution in [3.63, 3.8) is 0 Å². The van der Waals surface area contributed by atoms with Crippen molar-refractivity contribution in [2.45, 2.75) is 13.3 Å². The Balaban J connectivity index is 2.40. The van der Waals surface area contributed by atoms with Gasteiger partial charge in [0.1, 0.15) is 0 Å². The Morgan fingerprint density at radius 2 is 1.91 bits per heavy atom. The fourth-order valence-electron chi connectivity index (χ4n) is 1.36. The summed E-state index contributed by atoms with van der Waals surface area (Å²) in [5, 5.41) is 0. The van der Waals surface area contributed by atoms with Crippen LogP contribution in [0.5, 0.6) is 0 Å². The summed E-state index contributed by atoms with van der Waals surface area (Å²) in [4.78, 5) is 15.2. The molecule has 1 aliphatic heterocycles. The highest BCUT2D eigenvalue weighted by Gasteiger charge is 2.12. The predicted molar refractivity (Wildman–Crippen MR) is 44.4 cm³/mol. The van der Waals surface area contributed by atoms with Crippen LogP contribution in [-0.4, -0.2) is 48.9 Å². The van der Waals surface area contributed by atoms with E-state index in [-0.39, 0.29) is 5.91 Å². The molecule has 1 fully saturated rings. The maximum absolute atomic E-state index is 11.0. The van der Waals surface area contributed by atoms with Crippen molar-refractivity contribution >= 4 is 5.91 Å². The average Bonchev–Trinajstić information content (AvgIpc) is 2.13. The molecule has 0 aliphatic carbocycles. The number of hydrogen-bond donors (Lipinski definition) is 0. The van der Waals surface area contributed by atoms with Crippen LogP contribution >= 0.6 is 0 Å².